The predicted molar refractivity (Wildman–Crippen MR) is 82.4 cm³/mol. The normalized spacial score (nSPS) is 10.7. The Bertz CT molecular complexity index is 856. The molecule has 0 fully saturated rings. The highest BCUT2D eigenvalue weighted by atomic mass is 16.6. The van der Waals surface area contributed by atoms with Gasteiger partial charge in [0.05, 0.1) is 4.92 Å². The van der Waals surface area contributed by atoms with Gasteiger partial charge in [-0.2, -0.15) is 0 Å². The zero-order chi connectivity index (χ0) is 15.0. The van der Waals surface area contributed by atoms with Crippen LogP contribution in [0.3, 0.4) is 0 Å². The van der Waals surface area contributed by atoms with E-state index in [2.05, 4.69) is 0 Å². The molecule has 3 aromatic carbocycles. The van der Waals surface area contributed by atoms with Crippen LogP contribution in [0.5, 0.6) is 5.75 Å². The van der Waals surface area contributed by atoms with Crippen LogP contribution >= 0.6 is 0 Å². The summed E-state index contributed by atoms with van der Waals surface area (Å²) in [6.45, 7) is 2.03. The zero-order valence-electron chi connectivity index (χ0n) is 11.4. The third kappa shape index (κ3) is 2.21. The fraction of sp³-hybridized carbons (Fsp3) is 0.0588. The summed E-state index contributed by atoms with van der Waals surface area (Å²) in [5, 5.41) is 22.7. The van der Waals surface area contributed by atoms with Crippen LogP contribution in [-0.2, 0) is 0 Å². The molecular weight excluding hydrogens is 266 g/mol. The lowest BCUT2D eigenvalue weighted by Crippen LogP contribution is -1.90. The van der Waals surface area contributed by atoms with Crippen LogP contribution in [0.25, 0.3) is 21.9 Å². The topological polar surface area (TPSA) is 63.4 Å². The van der Waals surface area contributed by atoms with Crippen LogP contribution in [0.1, 0.15) is 5.56 Å². The summed E-state index contributed by atoms with van der Waals surface area (Å²) < 4.78 is 0. The Morgan fingerprint density at radius 1 is 1.00 bits per heavy atom. The number of benzene rings is 3. The fourth-order valence-electron chi connectivity index (χ4n) is 2.54. The van der Waals surface area contributed by atoms with Crippen LogP contribution in [-0.4, -0.2) is 10.0 Å². The Hall–Kier alpha value is -2.88. The highest BCUT2D eigenvalue weighted by Crippen LogP contribution is 2.35. The highest BCUT2D eigenvalue weighted by molar-refractivity contribution is 5.98. The van der Waals surface area contributed by atoms with E-state index < -0.39 is 4.92 Å². The van der Waals surface area contributed by atoms with Crippen molar-refractivity contribution < 1.29 is 10.0 Å². The van der Waals surface area contributed by atoms with E-state index in [1.54, 1.807) is 6.07 Å². The summed E-state index contributed by atoms with van der Waals surface area (Å²) in [7, 11) is 0. The van der Waals surface area contributed by atoms with Crippen molar-refractivity contribution in [3.63, 3.8) is 0 Å². The van der Waals surface area contributed by atoms with Crippen molar-refractivity contribution in [2.75, 3.05) is 0 Å². The monoisotopic (exact) mass is 279 g/mol. The van der Waals surface area contributed by atoms with Crippen LogP contribution in [0.4, 0.5) is 5.69 Å². The van der Waals surface area contributed by atoms with E-state index in [0.29, 0.717) is 0 Å². The molecular formula is C17H13NO3. The maximum Gasteiger partial charge on any atom is 0.311 e. The number of nitro benzene ring substituents is 1. The molecule has 4 heteroatoms. The summed E-state index contributed by atoms with van der Waals surface area (Å²) in [6.07, 6.45) is 0. The molecule has 1 N–H and O–H groups in total. The number of phenolic OH excluding ortho intramolecular Hbond substituents is 1. The summed E-state index contributed by atoms with van der Waals surface area (Å²) >= 11 is 0. The largest absolute Gasteiger partial charge is 0.502 e. The van der Waals surface area contributed by atoms with Gasteiger partial charge in [0.2, 0.25) is 0 Å². The number of phenols is 1. The first-order valence-electron chi connectivity index (χ1n) is 6.54. The van der Waals surface area contributed by atoms with Gasteiger partial charge in [0.1, 0.15) is 0 Å². The summed E-state index contributed by atoms with van der Waals surface area (Å²) in [4.78, 5) is 10.4. The van der Waals surface area contributed by atoms with E-state index >= 15 is 0 Å². The third-order valence-corrected chi connectivity index (χ3v) is 3.63. The van der Waals surface area contributed by atoms with E-state index in [-0.39, 0.29) is 11.4 Å². The summed E-state index contributed by atoms with van der Waals surface area (Å²) in [5.74, 6) is -0.319. The fourth-order valence-corrected chi connectivity index (χ4v) is 2.54. The molecule has 0 aliphatic heterocycles. The van der Waals surface area contributed by atoms with Gasteiger partial charge in [-0.05, 0) is 40.5 Å². The molecule has 0 bridgehead atoms. The molecule has 0 atom stereocenters. The smallest absolute Gasteiger partial charge is 0.311 e. The first-order chi connectivity index (χ1) is 10.1. The second kappa shape index (κ2) is 4.90. The van der Waals surface area contributed by atoms with Gasteiger partial charge in [0.15, 0.2) is 5.75 Å². The van der Waals surface area contributed by atoms with Crippen molar-refractivity contribution in [2.24, 2.45) is 0 Å². The van der Waals surface area contributed by atoms with Gasteiger partial charge in [-0.15, -0.1) is 0 Å². The average Bonchev–Trinajstić information content (AvgIpc) is 2.48. The molecule has 3 rings (SSSR count). The molecule has 0 spiro atoms. The van der Waals surface area contributed by atoms with Gasteiger partial charge in [-0.3, -0.25) is 10.1 Å². The molecule has 0 aromatic heterocycles. The number of rotatable bonds is 2. The van der Waals surface area contributed by atoms with Crippen molar-refractivity contribution >= 4 is 16.5 Å². The van der Waals surface area contributed by atoms with Gasteiger partial charge in [0, 0.05) is 6.07 Å². The molecule has 0 unspecified atom stereocenters. The first kappa shape index (κ1) is 13.1. The lowest BCUT2D eigenvalue weighted by Gasteiger charge is -2.09. The molecule has 104 valence electrons. The molecule has 0 heterocycles. The lowest BCUT2D eigenvalue weighted by atomic mass is 9.95. The molecule has 4 nitrogen and oxygen atoms in total. The Balaban J connectivity index is 2.29. The van der Waals surface area contributed by atoms with Gasteiger partial charge >= 0.3 is 5.69 Å². The minimum absolute atomic E-state index is 0.280. The number of aryl methyl sites for hydroxylation is 1. The number of nitrogens with zero attached hydrogens (tertiary/aromatic N) is 1. The Labute approximate surface area is 121 Å². The quantitative estimate of drug-likeness (QED) is 0.557. The summed E-state index contributed by atoms with van der Waals surface area (Å²) in [5.41, 5.74) is 2.51. The van der Waals surface area contributed by atoms with E-state index in [0.717, 1.165) is 27.5 Å². The summed E-state index contributed by atoms with van der Waals surface area (Å²) in [6, 6.07) is 16.4. The standard InChI is InChI=1S/C17H13NO3/c1-11-6-8-14(15-5-3-2-4-13(11)15)12-7-9-17(19)16(10-12)18(20)21/h2-10,19H,1H3. The second-order valence-corrected chi connectivity index (χ2v) is 4.94. The van der Waals surface area contributed by atoms with Crippen molar-refractivity contribution in [1.29, 1.82) is 0 Å². The van der Waals surface area contributed by atoms with E-state index in [4.69, 9.17) is 0 Å². The van der Waals surface area contributed by atoms with Crippen molar-refractivity contribution in [1.82, 2.24) is 0 Å². The van der Waals surface area contributed by atoms with Crippen LogP contribution in [0.2, 0.25) is 0 Å². The van der Waals surface area contributed by atoms with Gasteiger partial charge in [-0.1, -0.05) is 42.5 Å². The van der Waals surface area contributed by atoms with Gasteiger partial charge in [-0.25, -0.2) is 0 Å². The van der Waals surface area contributed by atoms with Crippen LogP contribution in [0, 0.1) is 17.0 Å². The second-order valence-electron chi connectivity index (χ2n) is 4.94. The predicted octanol–water partition coefficient (Wildman–Crippen LogP) is 4.43. The zero-order valence-corrected chi connectivity index (χ0v) is 11.4. The van der Waals surface area contributed by atoms with Crippen LogP contribution < -0.4 is 0 Å². The number of aromatic hydroxyl groups is 1. The number of fused-ring (bicyclic) bond motifs is 1. The van der Waals surface area contributed by atoms with E-state index in [9.17, 15) is 15.2 Å². The number of nitro groups is 1. The first-order valence-corrected chi connectivity index (χ1v) is 6.54. The van der Waals surface area contributed by atoms with Gasteiger partial charge < -0.3 is 5.11 Å². The Morgan fingerprint density at radius 3 is 2.43 bits per heavy atom. The maximum atomic E-state index is 11.0. The number of hydrogen-bond donors (Lipinski definition) is 1. The third-order valence-electron chi connectivity index (χ3n) is 3.63. The van der Waals surface area contributed by atoms with E-state index in [1.165, 1.54) is 12.1 Å². The molecule has 0 saturated heterocycles. The number of hydrogen-bond acceptors (Lipinski definition) is 3. The minimum atomic E-state index is -0.574. The van der Waals surface area contributed by atoms with Crippen molar-refractivity contribution in [3.8, 4) is 16.9 Å². The van der Waals surface area contributed by atoms with E-state index in [1.807, 2.05) is 43.3 Å². The lowest BCUT2D eigenvalue weighted by molar-refractivity contribution is -0.385. The maximum absolute atomic E-state index is 11.0. The van der Waals surface area contributed by atoms with Crippen molar-refractivity contribution in [2.45, 2.75) is 6.92 Å². The Kier molecular flexibility index (Phi) is 3.06. The van der Waals surface area contributed by atoms with Crippen molar-refractivity contribution in [3.05, 3.63) is 70.3 Å². The molecule has 0 aliphatic carbocycles. The van der Waals surface area contributed by atoms with Crippen LogP contribution in [0.15, 0.2) is 54.6 Å². The Morgan fingerprint density at radius 2 is 1.71 bits per heavy atom. The SMILES string of the molecule is Cc1ccc(-c2ccc(O)c([N+](=O)[O-])c2)c2ccccc12. The molecule has 0 saturated carbocycles. The molecule has 3 aromatic rings. The molecule has 0 amide bonds. The van der Waals surface area contributed by atoms with Gasteiger partial charge in [0.25, 0.3) is 0 Å². The average molecular weight is 279 g/mol. The molecule has 0 aliphatic rings. The minimum Gasteiger partial charge on any atom is -0.502 e. The molecule has 21 heavy (non-hydrogen) atoms. The highest BCUT2D eigenvalue weighted by Gasteiger charge is 2.15. The molecule has 0 radical (unpaired) electrons.